The monoisotopic (exact) mass is 523 g/mol. The summed E-state index contributed by atoms with van der Waals surface area (Å²) in [6.45, 7) is 1.96. The molecule has 0 fully saturated rings. The van der Waals surface area contributed by atoms with E-state index < -0.39 is 5.91 Å². The molecule has 2 amide bonds. The molecule has 0 spiro atoms. The Morgan fingerprint density at radius 3 is 2.62 bits per heavy atom. The smallest absolute Gasteiger partial charge is 0.321 e. The number of anilines is 2. The number of ether oxygens (including phenoxy) is 1. The molecular formula is C27H25N9O3. The predicted molar refractivity (Wildman–Crippen MR) is 145 cm³/mol. The van der Waals surface area contributed by atoms with E-state index in [-0.39, 0.29) is 23.5 Å². The van der Waals surface area contributed by atoms with Gasteiger partial charge in [0, 0.05) is 67.7 Å². The number of rotatable bonds is 5. The van der Waals surface area contributed by atoms with Crippen LogP contribution in [0.3, 0.4) is 0 Å². The third-order valence-corrected chi connectivity index (χ3v) is 6.53. The van der Waals surface area contributed by atoms with Crippen LogP contribution in [0.4, 0.5) is 11.4 Å². The van der Waals surface area contributed by atoms with E-state index in [9.17, 15) is 9.59 Å². The van der Waals surface area contributed by atoms with Gasteiger partial charge in [0.15, 0.2) is 0 Å². The Balaban J connectivity index is 1.49. The molecule has 5 aromatic rings. The highest BCUT2D eigenvalue weighted by atomic mass is 16.5. The Labute approximate surface area is 222 Å². The molecule has 0 radical (unpaired) electrons. The molecule has 0 saturated carbocycles. The molecule has 4 N–H and O–H groups in total. The van der Waals surface area contributed by atoms with E-state index in [0.717, 1.165) is 39.0 Å². The molecule has 196 valence electrons. The van der Waals surface area contributed by atoms with E-state index in [1.807, 2.05) is 50.1 Å². The summed E-state index contributed by atoms with van der Waals surface area (Å²) in [6, 6.07) is 9.62. The second-order valence-electron chi connectivity index (χ2n) is 9.52. The molecule has 12 heteroatoms. The van der Waals surface area contributed by atoms with Gasteiger partial charge in [-0.05, 0) is 30.7 Å². The van der Waals surface area contributed by atoms with Gasteiger partial charge in [0.1, 0.15) is 11.4 Å². The Morgan fingerprint density at radius 2 is 1.90 bits per heavy atom. The standard InChI is InChI=1S/C27H25N9O3/c1-14-6-23(37)33-21-9-18(39-27-29-10-16(11-30-27)26(28)38)8-19(25(21)32-14)15-4-5-22-20(7-15)24(34-36(22)3)17-12-31-35(2)13-17/h4-5,7-14,32H,6H2,1-3H3,(H2,28,38)(H,33,37). The number of hydrogen-bond acceptors (Lipinski definition) is 8. The second kappa shape index (κ2) is 9.24. The second-order valence-corrected chi connectivity index (χ2v) is 9.52. The number of hydrogen-bond donors (Lipinski definition) is 3. The van der Waals surface area contributed by atoms with Crippen LogP contribution in [0, 0.1) is 0 Å². The summed E-state index contributed by atoms with van der Waals surface area (Å²) in [5, 5.41) is 16.5. The number of carbonyl (C=O) groups excluding carboxylic acids is 2. The molecule has 0 bridgehead atoms. The van der Waals surface area contributed by atoms with E-state index in [4.69, 9.17) is 15.6 Å². The summed E-state index contributed by atoms with van der Waals surface area (Å²) >= 11 is 0. The Kier molecular flexibility index (Phi) is 5.71. The minimum Gasteiger partial charge on any atom is -0.424 e. The molecule has 1 aliphatic rings. The Bertz CT molecular complexity index is 1750. The molecule has 39 heavy (non-hydrogen) atoms. The van der Waals surface area contributed by atoms with Crippen molar-refractivity contribution in [2.45, 2.75) is 19.4 Å². The van der Waals surface area contributed by atoms with Crippen molar-refractivity contribution in [3.8, 4) is 34.1 Å². The first kappa shape index (κ1) is 24.1. The van der Waals surface area contributed by atoms with Gasteiger partial charge in [-0.25, -0.2) is 9.97 Å². The van der Waals surface area contributed by atoms with Crippen molar-refractivity contribution in [1.29, 1.82) is 0 Å². The largest absolute Gasteiger partial charge is 0.424 e. The Hall–Kier alpha value is -5.26. The van der Waals surface area contributed by atoms with E-state index in [0.29, 0.717) is 17.9 Å². The molecule has 2 aromatic carbocycles. The molecule has 1 unspecified atom stereocenters. The van der Waals surface area contributed by atoms with E-state index >= 15 is 0 Å². The molecule has 6 rings (SSSR count). The van der Waals surface area contributed by atoms with Gasteiger partial charge in [-0.3, -0.25) is 19.0 Å². The van der Waals surface area contributed by atoms with Gasteiger partial charge in [-0.1, -0.05) is 6.07 Å². The lowest BCUT2D eigenvalue weighted by Gasteiger charge is -2.18. The van der Waals surface area contributed by atoms with Crippen molar-refractivity contribution >= 4 is 34.1 Å². The van der Waals surface area contributed by atoms with Crippen LogP contribution in [0.25, 0.3) is 33.3 Å². The molecule has 0 aliphatic carbocycles. The third kappa shape index (κ3) is 4.52. The highest BCUT2D eigenvalue weighted by Gasteiger charge is 2.23. The van der Waals surface area contributed by atoms with Crippen LogP contribution in [0.1, 0.15) is 23.7 Å². The fraction of sp³-hybridized carbons (Fsp3) is 0.185. The lowest BCUT2D eigenvalue weighted by Crippen LogP contribution is -2.19. The molecule has 3 aromatic heterocycles. The number of nitrogens with one attached hydrogen (secondary N) is 2. The van der Waals surface area contributed by atoms with E-state index in [1.54, 1.807) is 16.9 Å². The van der Waals surface area contributed by atoms with Crippen molar-refractivity contribution < 1.29 is 14.3 Å². The van der Waals surface area contributed by atoms with Gasteiger partial charge in [-0.15, -0.1) is 0 Å². The van der Waals surface area contributed by atoms with Crippen LogP contribution in [0.2, 0.25) is 0 Å². The topological polar surface area (TPSA) is 155 Å². The SMILES string of the molecule is CC1CC(=O)Nc2cc(Oc3ncc(C(N)=O)cn3)cc(-c3ccc4c(c3)c(-c3cnn(C)c3)nn4C)c2N1. The maximum Gasteiger partial charge on any atom is 0.321 e. The number of carbonyl (C=O) groups is 2. The fourth-order valence-corrected chi connectivity index (χ4v) is 4.72. The molecular weight excluding hydrogens is 498 g/mol. The van der Waals surface area contributed by atoms with Crippen molar-refractivity contribution in [1.82, 2.24) is 29.5 Å². The van der Waals surface area contributed by atoms with Crippen molar-refractivity contribution in [2.75, 3.05) is 10.6 Å². The highest BCUT2D eigenvalue weighted by Crippen LogP contribution is 2.42. The van der Waals surface area contributed by atoms with Gasteiger partial charge in [0.25, 0.3) is 5.91 Å². The molecule has 0 saturated heterocycles. The third-order valence-electron chi connectivity index (χ3n) is 6.53. The van der Waals surface area contributed by atoms with Crippen molar-refractivity contribution in [3.63, 3.8) is 0 Å². The lowest BCUT2D eigenvalue weighted by molar-refractivity contribution is -0.116. The first-order chi connectivity index (χ1) is 18.7. The van der Waals surface area contributed by atoms with E-state index in [1.165, 1.54) is 12.4 Å². The number of primary amides is 1. The number of benzene rings is 2. The first-order valence-electron chi connectivity index (χ1n) is 12.3. The normalized spacial score (nSPS) is 14.8. The molecule has 4 heterocycles. The van der Waals surface area contributed by atoms with Crippen LogP contribution in [-0.2, 0) is 18.9 Å². The summed E-state index contributed by atoms with van der Waals surface area (Å²) in [7, 11) is 3.78. The van der Waals surface area contributed by atoms with Crippen LogP contribution in [-0.4, -0.2) is 47.4 Å². The zero-order valence-corrected chi connectivity index (χ0v) is 21.5. The zero-order valence-electron chi connectivity index (χ0n) is 21.5. The van der Waals surface area contributed by atoms with Gasteiger partial charge in [-0.2, -0.15) is 10.2 Å². The van der Waals surface area contributed by atoms with Gasteiger partial charge in [0.05, 0.1) is 28.7 Å². The molecule has 1 aliphatic heterocycles. The summed E-state index contributed by atoms with van der Waals surface area (Å²) in [5.74, 6) is -0.334. The first-order valence-corrected chi connectivity index (χ1v) is 12.3. The lowest BCUT2D eigenvalue weighted by atomic mass is 9.98. The average Bonchev–Trinajstić information content (AvgIpc) is 3.43. The van der Waals surface area contributed by atoms with Crippen molar-refractivity contribution in [3.05, 3.63) is 60.7 Å². The van der Waals surface area contributed by atoms with Crippen LogP contribution in [0.15, 0.2) is 55.1 Å². The highest BCUT2D eigenvalue weighted by molar-refractivity contribution is 6.03. The van der Waals surface area contributed by atoms with Gasteiger partial charge >= 0.3 is 6.01 Å². The average molecular weight is 524 g/mol. The number of aryl methyl sites for hydroxylation is 2. The molecule has 12 nitrogen and oxygen atoms in total. The predicted octanol–water partition coefficient (Wildman–Crippen LogP) is 3.46. The summed E-state index contributed by atoms with van der Waals surface area (Å²) in [5.41, 5.74) is 11.2. The van der Waals surface area contributed by atoms with Crippen LogP contribution < -0.4 is 21.1 Å². The minimum atomic E-state index is -0.631. The number of aromatic nitrogens is 6. The molecule has 1 atom stereocenters. The maximum atomic E-state index is 12.6. The number of nitrogens with zero attached hydrogens (tertiary/aromatic N) is 6. The van der Waals surface area contributed by atoms with Crippen LogP contribution >= 0.6 is 0 Å². The van der Waals surface area contributed by atoms with Gasteiger partial charge < -0.3 is 21.1 Å². The zero-order chi connectivity index (χ0) is 27.3. The maximum absolute atomic E-state index is 12.6. The number of fused-ring (bicyclic) bond motifs is 2. The number of amides is 2. The number of nitrogens with two attached hydrogens (primary N) is 1. The summed E-state index contributed by atoms with van der Waals surface area (Å²) in [6.07, 6.45) is 6.63. The summed E-state index contributed by atoms with van der Waals surface area (Å²) in [4.78, 5) is 32.1. The van der Waals surface area contributed by atoms with Gasteiger partial charge in [0.2, 0.25) is 5.91 Å². The quantitative estimate of drug-likeness (QED) is 0.316. The van der Waals surface area contributed by atoms with E-state index in [2.05, 4.69) is 31.8 Å². The van der Waals surface area contributed by atoms with Crippen molar-refractivity contribution in [2.24, 2.45) is 19.8 Å². The fourth-order valence-electron chi connectivity index (χ4n) is 4.72. The summed E-state index contributed by atoms with van der Waals surface area (Å²) < 4.78 is 9.54. The Morgan fingerprint density at radius 1 is 1.10 bits per heavy atom. The van der Waals surface area contributed by atoms with Crippen LogP contribution in [0.5, 0.6) is 11.8 Å². The minimum absolute atomic E-state index is 0.0359.